The normalized spacial score (nSPS) is 18.4. The van der Waals surface area contributed by atoms with Gasteiger partial charge in [-0.25, -0.2) is 0 Å². The molecule has 0 aliphatic carbocycles. The summed E-state index contributed by atoms with van der Waals surface area (Å²) in [6, 6.07) is 3.85. The van der Waals surface area contributed by atoms with Crippen LogP contribution in [0.2, 0.25) is 0 Å². The Kier molecular flexibility index (Phi) is 3.11. The number of piperidine rings is 1. The largest absolute Gasteiger partial charge is 0.392 e. The first-order valence-electron chi connectivity index (χ1n) is 5.17. The van der Waals surface area contributed by atoms with Gasteiger partial charge in [-0.05, 0) is 37.6 Å². The number of aliphatic hydroxyl groups is 1. The molecule has 1 aromatic rings. The molecular weight excluding hydrogens is 176 g/mol. The molecule has 0 unspecified atom stereocenters. The summed E-state index contributed by atoms with van der Waals surface area (Å²) in [6.07, 6.45) is 4.07. The lowest BCUT2D eigenvalue weighted by Gasteiger charge is -2.23. The molecule has 0 atom stereocenters. The van der Waals surface area contributed by atoms with Gasteiger partial charge >= 0.3 is 0 Å². The number of aromatic nitrogens is 1. The Morgan fingerprint density at radius 3 is 2.93 bits per heavy atom. The fraction of sp³-hybridized carbons (Fsp3) is 0.545. The average Bonchev–Trinajstić information content (AvgIpc) is 2.30. The number of nitrogens with zero attached hydrogens (tertiary/aromatic N) is 1. The summed E-state index contributed by atoms with van der Waals surface area (Å²) in [4.78, 5) is 4.39. The molecule has 1 aliphatic heterocycles. The molecule has 0 bridgehead atoms. The number of pyridine rings is 1. The Balaban J connectivity index is 2.20. The molecule has 3 nitrogen and oxygen atoms in total. The predicted octanol–water partition coefficient (Wildman–Crippen LogP) is 1.04. The highest BCUT2D eigenvalue weighted by molar-refractivity contribution is 5.23. The first-order valence-corrected chi connectivity index (χ1v) is 5.17. The summed E-state index contributed by atoms with van der Waals surface area (Å²) in [5.74, 6) is 0.527. The second kappa shape index (κ2) is 4.53. The second-order valence-electron chi connectivity index (χ2n) is 3.73. The highest BCUT2D eigenvalue weighted by Crippen LogP contribution is 2.25. The minimum absolute atomic E-state index is 0.104. The number of hydrogen-bond donors (Lipinski definition) is 2. The van der Waals surface area contributed by atoms with E-state index in [4.69, 9.17) is 0 Å². The zero-order chi connectivity index (χ0) is 9.80. The molecule has 3 heteroatoms. The molecule has 2 rings (SSSR count). The van der Waals surface area contributed by atoms with Crippen LogP contribution in [0.25, 0.3) is 0 Å². The zero-order valence-electron chi connectivity index (χ0n) is 8.24. The average molecular weight is 192 g/mol. The first kappa shape index (κ1) is 9.62. The fourth-order valence-corrected chi connectivity index (χ4v) is 2.05. The van der Waals surface area contributed by atoms with Gasteiger partial charge in [0.2, 0.25) is 0 Å². The van der Waals surface area contributed by atoms with E-state index >= 15 is 0 Å². The molecule has 0 radical (unpaired) electrons. The van der Waals surface area contributed by atoms with E-state index in [1.165, 1.54) is 0 Å². The van der Waals surface area contributed by atoms with E-state index in [0.717, 1.165) is 37.2 Å². The van der Waals surface area contributed by atoms with Crippen molar-refractivity contribution in [3.63, 3.8) is 0 Å². The Morgan fingerprint density at radius 1 is 1.43 bits per heavy atom. The van der Waals surface area contributed by atoms with Gasteiger partial charge in [0.1, 0.15) is 0 Å². The summed E-state index contributed by atoms with van der Waals surface area (Å²) in [6.45, 7) is 2.23. The van der Waals surface area contributed by atoms with Crippen LogP contribution in [0.4, 0.5) is 0 Å². The van der Waals surface area contributed by atoms with Crippen molar-refractivity contribution in [3.8, 4) is 0 Å². The zero-order valence-corrected chi connectivity index (χ0v) is 8.24. The molecular formula is C11H16N2O. The second-order valence-corrected chi connectivity index (χ2v) is 3.73. The lowest BCUT2D eigenvalue weighted by Crippen LogP contribution is -2.27. The molecule has 0 amide bonds. The van der Waals surface area contributed by atoms with E-state index in [1.54, 1.807) is 0 Å². The number of rotatable bonds is 2. The molecule has 0 aromatic carbocycles. The van der Waals surface area contributed by atoms with Crippen molar-refractivity contribution < 1.29 is 5.11 Å². The van der Waals surface area contributed by atoms with Crippen LogP contribution in [0.5, 0.6) is 0 Å². The summed E-state index contributed by atoms with van der Waals surface area (Å²) in [5.41, 5.74) is 2.08. The van der Waals surface area contributed by atoms with Crippen molar-refractivity contribution in [2.75, 3.05) is 13.1 Å². The maximum absolute atomic E-state index is 9.19. The molecule has 1 saturated heterocycles. The first-order chi connectivity index (χ1) is 6.92. The third kappa shape index (κ3) is 1.94. The van der Waals surface area contributed by atoms with Gasteiger partial charge in [-0.3, -0.25) is 4.98 Å². The van der Waals surface area contributed by atoms with Gasteiger partial charge in [-0.1, -0.05) is 6.07 Å². The Hall–Kier alpha value is -0.930. The fourth-order valence-electron chi connectivity index (χ4n) is 2.05. The van der Waals surface area contributed by atoms with Gasteiger partial charge in [-0.15, -0.1) is 0 Å². The van der Waals surface area contributed by atoms with E-state index in [2.05, 4.69) is 10.3 Å². The van der Waals surface area contributed by atoms with E-state index in [9.17, 15) is 5.11 Å². The standard InChI is InChI=1S/C11H16N2O/c14-8-10-2-1-5-13-11(10)9-3-6-12-7-4-9/h1-2,5,9,12,14H,3-4,6-8H2. The summed E-state index contributed by atoms with van der Waals surface area (Å²) in [5, 5.41) is 12.5. The van der Waals surface area contributed by atoms with E-state index < -0.39 is 0 Å². The maximum atomic E-state index is 9.19. The van der Waals surface area contributed by atoms with Crippen molar-refractivity contribution in [1.29, 1.82) is 0 Å². The van der Waals surface area contributed by atoms with Crippen molar-refractivity contribution >= 4 is 0 Å². The van der Waals surface area contributed by atoms with E-state index in [0.29, 0.717) is 5.92 Å². The maximum Gasteiger partial charge on any atom is 0.0699 e. The van der Waals surface area contributed by atoms with Gasteiger partial charge in [-0.2, -0.15) is 0 Å². The van der Waals surface area contributed by atoms with Gasteiger partial charge in [0.25, 0.3) is 0 Å². The van der Waals surface area contributed by atoms with Crippen molar-refractivity contribution in [2.24, 2.45) is 0 Å². The van der Waals surface area contributed by atoms with Crippen LogP contribution in [0.1, 0.15) is 30.0 Å². The number of hydrogen-bond acceptors (Lipinski definition) is 3. The van der Waals surface area contributed by atoms with Crippen molar-refractivity contribution in [2.45, 2.75) is 25.4 Å². The third-order valence-electron chi connectivity index (χ3n) is 2.82. The molecule has 2 N–H and O–H groups in total. The van der Waals surface area contributed by atoms with Gasteiger partial charge in [0.05, 0.1) is 6.61 Å². The summed E-state index contributed by atoms with van der Waals surface area (Å²) < 4.78 is 0. The van der Waals surface area contributed by atoms with Crippen molar-refractivity contribution in [1.82, 2.24) is 10.3 Å². The quantitative estimate of drug-likeness (QED) is 0.736. The monoisotopic (exact) mass is 192 g/mol. The molecule has 0 saturated carbocycles. The molecule has 1 aromatic heterocycles. The number of aliphatic hydroxyl groups excluding tert-OH is 1. The van der Waals surface area contributed by atoms with E-state index in [1.807, 2.05) is 18.3 Å². The number of nitrogens with one attached hydrogen (secondary N) is 1. The molecule has 1 aliphatic rings. The predicted molar refractivity (Wildman–Crippen MR) is 55.0 cm³/mol. The third-order valence-corrected chi connectivity index (χ3v) is 2.82. The van der Waals surface area contributed by atoms with Crippen LogP contribution in [0.15, 0.2) is 18.3 Å². The van der Waals surface area contributed by atoms with Crippen LogP contribution in [0.3, 0.4) is 0 Å². The molecule has 76 valence electrons. The summed E-state index contributed by atoms with van der Waals surface area (Å²) in [7, 11) is 0. The van der Waals surface area contributed by atoms with Gasteiger partial charge < -0.3 is 10.4 Å². The van der Waals surface area contributed by atoms with Gasteiger partial charge in [0, 0.05) is 17.8 Å². The molecule has 14 heavy (non-hydrogen) atoms. The lowest BCUT2D eigenvalue weighted by atomic mass is 9.91. The van der Waals surface area contributed by atoms with Crippen LogP contribution in [-0.2, 0) is 6.61 Å². The molecule has 2 heterocycles. The minimum Gasteiger partial charge on any atom is -0.392 e. The highest BCUT2D eigenvalue weighted by Gasteiger charge is 2.18. The lowest BCUT2D eigenvalue weighted by molar-refractivity contribution is 0.278. The van der Waals surface area contributed by atoms with Crippen LogP contribution < -0.4 is 5.32 Å². The molecule has 1 fully saturated rings. The molecule has 0 spiro atoms. The highest BCUT2D eigenvalue weighted by atomic mass is 16.3. The Bertz CT molecular complexity index is 295. The van der Waals surface area contributed by atoms with Crippen LogP contribution in [0, 0.1) is 0 Å². The van der Waals surface area contributed by atoms with Crippen molar-refractivity contribution in [3.05, 3.63) is 29.6 Å². The summed E-state index contributed by atoms with van der Waals surface area (Å²) >= 11 is 0. The van der Waals surface area contributed by atoms with Crippen LogP contribution >= 0.6 is 0 Å². The van der Waals surface area contributed by atoms with Crippen LogP contribution in [-0.4, -0.2) is 23.2 Å². The Labute approximate surface area is 84.2 Å². The topological polar surface area (TPSA) is 45.2 Å². The SMILES string of the molecule is OCc1cccnc1C1CCNCC1. The smallest absolute Gasteiger partial charge is 0.0699 e. The minimum atomic E-state index is 0.104. The van der Waals surface area contributed by atoms with Gasteiger partial charge in [0.15, 0.2) is 0 Å². The van der Waals surface area contributed by atoms with E-state index in [-0.39, 0.29) is 6.61 Å². The Morgan fingerprint density at radius 2 is 2.21 bits per heavy atom.